The SMILES string of the molecule is COc1cc(/C=N/NC(=O)CCCNC(=O)c2ccccc2Br)ccc1OC(=O)c1ccccc1Br. The van der Waals surface area contributed by atoms with Crippen molar-refractivity contribution in [3.8, 4) is 11.5 Å². The van der Waals surface area contributed by atoms with Gasteiger partial charge in [0.15, 0.2) is 11.5 Å². The number of ether oxygens (including phenoxy) is 2. The van der Waals surface area contributed by atoms with Crippen molar-refractivity contribution in [2.75, 3.05) is 13.7 Å². The minimum atomic E-state index is -0.526. The Hall–Kier alpha value is -3.50. The molecule has 10 heteroatoms. The standard InChI is InChI=1S/C26H23Br2N3O5/c1-35-23-15-17(12-13-22(23)36-26(34)19-8-3-5-10-21(19)28)16-30-31-24(32)11-6-14-29-25(33)18-7-2-4-9-20(18)27/h2-5,7-10,12-13,15-16H,6,11,14H2,1H3,(H,29,33)(H,31,32)/b30-16+. The molecule has 0 radical (unpaired) electrons. The van der Waals surface area contributed by atoms with Crippen LogP contribution in [-0.4, -0.2) is 37.7 Å². The molecule has 0 fully saturated rings. The quantitative estimate of drug-likeness (QED) is 0.108. The molecule has 0 aromatic heterocycles. The lowest BCUT2D eigenvalue weighted by molar-refractivity contribution is -0.121. The maximum absolute atomic E-state index is 12.5. The maximum Gasteiger partial charge on any atom is 0.344 e. The van der Waals surface area contributed by atoms with Gasteiger partial charge in [0, 0.05) is 21.9 Å². The lowest BCUT2D eigenvalue weighted by atomic mass is 10.2. The van der Waals surface area contributed by atoms with Crippen LogP contribution < -0.4 is 20.2 Å². The van der Waals surface area contributed by atoms with Gasteiger partial charge in [-0.05, 0) is 86.3 Å². The molecule has 0 saturated heterocycles. The number of carbonyl (C=O) groups is 3. The number of rotatable bonds is 10. The van der Waals surface area contributed by atoms with Crippen molar-refractivity contribution in [3.05, 3.63) is 92.4 Å². The second-order valence-electron chi connectivity index (χ2n) is 7.41. The van der Waals surface area contributed by atoms with Crippen LogP contribution in [0.1, 0.15) is 39.1 Å². The van der Waals surface area contributed by atoms with Gasteiger partial charge in [0.05, 0.1) is 24.5 Å². The summed E-state index contributed by atoms with van der Waals surface area (Å²) in [6, 6.07) is 19.0. The number of hydrogen-bond donors (Lipinski definition) is 2. The van der Waals surface area contributed by atoms with Crippen LogP contribution in [0.15, 0.2) is 80.8 Å². The van der Waals surface area contributed by atoms with Crippen molar-refractivity contribution >= 4 is 55.9 Å². The van der Waals surface area contributed by atoms with Crippen molar-refractivity contribution in [3.63, 3.8) is 0 Å². The Morgan fingerprint density at radius 1 is 0.917 bits per heavy atom. The van der Waals surface area contributed by atoms with Crippen LogP contribution in [0.4, 0.5) is 0 Å². The topological polar surface area (TPSA) is 106 Å². The molecule has 3 aromatic carbocycles. The third-order valence-electron chi connectivity index (χ3n) is 4.87. The summed E-state index contributed by atoms with van der Waals surface area (Å²) in [7, 11) is 1.46. The fraction of sp³-hybridized carbons (Fsp3) is 0.154. The Kier molecular flexibility index (Phi) is 10.2. The summed E-state index contributed by atoms with van der Waals surface area (Å²) < 4.78 is 12.1. The molecule has 0 bridgehead atoms. The van der Waals surface area contributed by atoms with E-state index < -0.39 is 5.97 Å². The van der Waals surface area contributed by atoms with Crippen LogP contribution in [0, 0.1) is 0 Å². The van der Waals surface area contributed by atoms with Gasteiger partial charge >= 0.3 is 5.97 Å². The molecular formula is C26H23Br2N3O5. The van der Waals surface area contributed by atoms with E-state index in [2.05, 4.69) is 47.7 Å². The monoisotopic (exact) mass is 615 g/mol. The molecule has 0 atom stereocenters. The van der Waals surface area contributed by atoms with E-state index in [1.54, 1.807) is 60.7 Å². The molecule has 0 aliphatic heterocycles. The first kappa shape index (κ1) is 27.1. The average Bonchev–Trinajstić information content (AvgIpc) is 2.87. The Morgan fingerprint density at radius 3 is 2.25 bits per heavy atom. The summed E-state index contributed by atoms with van der Waals surface area (Å²) in [5, 5.41) is 6.73. The van der Waals surface area contributed by atoms with E-state index in [1.165, 1.54) is 13.3 Å². The second kappa shape index (κ2) is 13.6. The molecule has 186 valence electrons. The van der Waals surface area contributed by atoms with Gasteiger partial charge in [-0.25, -0.2) is 10.2 Å². The number of halogens is 2. The highest BCUT2D eigenvalue weighted by molar-refractivity contribution is 9.10. The predicted octanol–water partition coefficient (Wildman–Crippen LogP) is 5.10. The first-order valence-electron chi connectivity index (χ1n) is 10.9. The van der Waals surface area contributed by atoms with E-state index in [9.17, 15) is 14.4 Å². The first-order chi connectivity index (χ1) is 17.4. The zero-order chi connectivity index (χ0) is 25.9. The largest absolute Gasteiger partial charge is 0.493 e. The van der Waals surface area contributed by atoms with Gasteiger partial charge in [-0.2, -0.15) is 5.10 Å². The molecule has 0 unspecified atom stereocenters. The first-order valence-corrected chi connectivity index (χ1v) is 12.5. The van der Waals surface area contributed by atoms with Gasteiger partial charge in [0.2, 0.25) is 5.91 Å². The number of carbonyl (C=O) groups excluding carboxylic acids is 3. The number of esters is 1. The summed E-state index contributed by atoms with van der Waals surface area (Å²) >= 11 is 6.67. The molecule has 0 aliphatic carbocycles. The number of hydrogen-bond acceptors (Lipinski definition) is 6. The number of hydrazone groups is 1. The van der Waals surface area contributed by atoms with Gasteiger partial charge < -0.3 is 14.8 Å². The van der Waals surface area contributed by atoms with Crippen LogP contribution in [0.25, 0.3) is 0 Å². The Bertz CT molecular complexity index is 1280. The van der Waals surface area contributed by atoms with Crippen LogP contribution >= 0.6 is 31.9 Å². The van der Waals surface area contributed by atoms with Crippen molar-refractivity contribution in [2.45, 2.75) is 12.8 Å². The van der Waals surface area contributed by atoms with Crippen LogP contribution in [0.3, 0.4) is 0 Å². The zero-order valence-electron chi connectivity index (χ0n) is 19.3. The van der Waals surface area contributed by atoms with Gasteiger partial charge in [0.1, 0.15) is 0 Å². The number of methoxy groups -OCH3 is 1. The summed E-state index contributed by atoms with van der Waals surface area (Å²) in [5.74, 6) is -0.426. The third-order valence-corrected chi connectivity index (χ3v) is 6.25. The highest BCUT2D eigenvalue weighted by Crippen LogP contribution is 2.29. The summed E-state index contributed by atoms with van der Waals surface area (Å²) in [6.45, 7) is 0.355. The molecule has 0 heterocycles. The van der Waals surface area contributed by atoms with E-state index in [0.29, 0.717) is 44.4 Å². The number of nitrogens with one attached hydrogen (secondary N) is 2. The maximum atomic E-state index is 12.5. The lowest BCUT2D eigenvalue weighted by Gasteiger charge is -2.10. The van der Waals surface area contributed by atoms with Gasteiger partial charge in [-0.1, -0.05) is 24.3 Å². The van der Waals surface area contributed by atoms with E-state index in [4.69, 9.17) is 9.47 Å². The molecule has 0 spiro atoms. The third kappa shape index (κ3) is 7.76. The fourth-order valence-electron chi connectivity index (χ4n) is 3.06. The minimum absolute atomic E-state index is 0.195. The molecule has 2 amide bonds. The number of benzene rings is 3. The summed E-state index contributed by atoms with van der Waals surface area (Å²) in [4.78, 5) is 36.6. The highest BCUT2D eigenvalue weighted by atomic mass is 79.9. The Balaban J connectivity index is 1.46. The van der Waals surface area contributed by atoms with Crippen LogP contribution in [0.2, 0.25) is 0 Å². The van der Waals surface area contributed by atoms with E-state index in [1.807, 2.05) is 6.07 Å². The zero-order valence-corrected chi connectivity index (χ0v) is 22.5. The summed E-state index contributed by atoms with van der Waals surface area (Å²) in [6.07, 6.45) is 2.11. The van der Waals surface area contributed by atoms with Gasteiger partial charge in [-0.15, -0.1) is 0 Å². The average molecular weight is 617 g/mol. The lowest BCUT2D eigenvalue weighted by Crippen LogP contribution is -2.26. The van der Waals surface area contributed by atoms with Gasteiger partial charge in [0.25, 0.3) is 5.91 Å². The van der Waals surface area contributed by atoms with Crippen LogP contribution in [0.5, 0.6) is 11.5 Å². The smallest absolute Gasteiger partial charge is 0.344 e. The summed E-state index contributed by atoms with van der Waals surface area (Å²) in [5.41, 5.74) is 4.01. The Labute approximate surface area is 225 Å². The molecule has 36 heavy (non-hydrogen) atoms. The molecule has 3 aromatic rings. The molecule has 0 saturated carbocycles. The molecule has 3 rings (SSSR count). The molecule has 2 N–H and O–H groups in total. The Morgan fingerprint density at radius 2 is 1.58 bits per heavy atom. The van der Waals surface area contributed by atoms with Crippen molar-refractivity contribution < 1.29 is 23.9 Å². The second-order valence-corrected chi connectivity index (χ2v) is 9.12. The molecular weight excluding hydrogens is 594 g/mol. The molecule has 0 aliphatic rings. The number of nitrogens with zero attached hydrogens (tertiary/aromatic N) is 1. The van der Waals surface area contributed by atoms with Crippen molar-refractivity contribution in [1.82, 2.24) is 10.7 Å². The van der Waals surface area contributed by atoms with E-state index >= 15 is 0 Å². The predicted molar refractivity (Wildman–Crippen MR) is 144 cm³/mol. The molecule has 8 nitrogen and oxygen atoms in total. The minimum Gasteiger partial charge on any atom is -0.493 e. The van der Waals surface area contributed by atoms with E-state index in [0.717, 1.165) is 0 Å². The number of amides is 2. The normalized spacial score (nSPS) is 10.6. The van der Waals surface area contributed by atoms with Crippen molar-refractivity contribution in [2.24, 2.45) is 5.10 Å². The fourth-order valence-corrected chi connectivity index (χ4v) is 3.97. The van der Waals surface area contributed by atoms with E-state index in [-0.39, 0.29) is 24.0 Å². The van der Waals surface area contributed by atoms with Crippen LogP contribution in [-0.2, 0) is 4.79 Å². The van der Waals surface area contributed by atoms with Gasteiger partial charge in [-0.3, -0.25) is 9.59 Å². The van der Waals surface area contributed by atoms with Crippen molar-refractivity contribution in [1.29, 1.82) is 0 Å². The highest BCUT2D eigenvalue weighted by Gasteiger charge is 2.15.